The third kappa shape index (κ3) is 2.68. The fourth-order valence-electron chi connectivity index (χ4n) is 2.97. The first-order valence-corrected chi connectivity index (χ1v) is 7.57. The molecule has 0 aromatic heterocycles. The minimum atomic E-state index is -0.0237. The van der Waals surface area contributed by atoms with Crippen LogP contribution in [0.2, 0.25) is 0 Å². The molecule has 0 aliphatic carbocycles. The molecule has 3 nitrogen and oxygen atoms in total. The zero-order valence-electron chi connectivity index (χ0n) is 11.0. The summed E-state index contributed by atoms with van der Waals surface area (Å²) in [7, 11) is 2.21. The lowest BCUT2D eigenvalue weighted by atomic mass is 10.1. The Labute approximate surface area is 113 Å². The maximum atomic E-state index is 12.3. The van der Waals surface area contributed by atoms with E-state index in [0.717, 1.165) is 19.5 Å². The molecule has 0 saturated carbocycles. The van der Waals surface area contributed by atoms with E-state index in [9.17, 15) is 4.79 Å². The number of alkyl halides is 1. The molecule has 0 radical (unpaired) electrons. The number of hydrogen-bond acceptors (Lipinski definition) is 2. The van der Waals surface area contributed by atoms with Crippen LogP contribution in [0.5, 0.6) is 0 Å². The van der Waals surface area contributed by atoms with Crippen LogP contribution in [-0.2, 0) is 4.79 Å². The minimum absolute atomic E-state index is 0.0237. The van der Waals surface area contributed by atoms with E-state index in [-0.39, 0.29) is 10.7 Å². The molecule has 2 rings (SSSR count). The topological polar surface area (TPSA) is 23.6 Å². The second kappa shape index (κ2) is 5.27. The third-order valence-electron chi connectivity index (χ3n) is 4.28. The number of nitrogens with zero attached hydrogens (tertiary/aromatic N) is 2. The Bertz CT molecular complexity index is 295. The van der Waals surface area contributed by atoms with Gasteiger partial charge in [0.1, 0.15) is 0 Å². The van der Waals surface area contributed by atoms with Crippen molar-refractivity contribution in [3.05, 3.63) is 0 Å². The van der Waals surface area contributed by atoms with Crippen LogP contribution < -0.4 is 0 Å². The Morgan fingerprint density at radius 1 is 1.24 bits per heavy atom. The molecule has 2 heterocycles. The molecule has 3 unspecified atom stereocenters. The highest BCUT2D eigenvalue weighted by Crippen LogP contribution is 2.29. The molecule has 17 heavy (non-hydrogen) atoms. The van der Waals surface area contributed by atoms with E-state index < -0.39 is 0 Å². The summed E-state index contributed by atoms with van der Waals surface area (Å²) < 4.78 is 0. The summed E-state index contributed by atoms with van der Waals surface area (Å²) in [6.45, 7) is 6.03. The van der Waals surface area contributed by atoms with Crippen molar-refractivity contribution in [3.8, 4) is 0 Å². The molecule has 1 amide bonds. The van der Waals surface area contributed by atoms with Gasteiger partial charge in [0.05, 0.1) is 4.83 Å². The van der Waals surface area contributed by atoms with Crippen LogP contribution in [0.25, 0.3) is 0 Å². The maximum Gasteiger partial charge on any atom is 0.236 e. The molecule has 2 saturated heterocycles. The molecular formula is C13H23BrN2O. The van der Waals surface area contributed by atoms with Crippen molar-refractivity contribution in [2.45, 2.75) is 50.0 Å². The highest BCUT2D eigenvalue weighted by atomic mass is 79.9. The molecule has 0 aromatic carbocycles. The molecule has 0 spiro atoms. The normalized spacial score (nSPS) is 31.7. The number of amides is 1. The van der Waals surface area contributed by atoms with E-state index in [1.54, 1.807) is 0 Å². The van der Waals surface area contributed by atoms with Crippen LogP contribution in [0.4, 0.5) is 0 Å². The molecule has 0 N–H and O–H groups in total. The number of likely N-dealkylation sites (N-methyl/N-ethyl adjacent to an activating group) is 1. The monoisotopic (exact) mass is 302 g/mol. The summed E-state index contributed by atoms with van der Waals surface area (Å²) in [5.41, 5.74) is 0. The molecule has 3 atom stereocenters. The zero-order valence-corrected chi connectivity index (χ0v) is 12.6. The summed E-state index contributed by atoms with van der Waals surface area (Å²) in [6.07, 6.45) is 3.70. The van der Waals surface area contributed by atoms with E-state index in [1.807, 2.05) is 0 Å². The number of hydrogen-bond donors (Lipinski definition) is 0. The van der Waals surface area contributed by atoms with Crippen molar-refractivity contribution in [3.63, 3.8) is 0 Å². The smallest absolute Gasteiger partial charge is 0.236 e. The van der Waals surface area contributed by atoms with Gasteiger partial charge in [0.25, 0.3) is 0 Å². The Morgan fingerprint density at radius 2 is 1.88 bits per heavy atom. The lowest BCUT2D eigenvalue weighted by molar-refractivity contribution is -0.131. The fourth-order valence-corrected chi connectivity index (χ4v) is 3.26. The van der Waals surface area contributed by atoms with Gasteiger partial charge in [-0.2, -0.15) is 0 Å². The third-order valence-corrected chi connectivity index (χ3v) is 5.73. The number of rotatable bonds is 2. The molecule has 0 aromatic rings. The Hall–Kier alpha value is -0.0900. The van der Waals surface area contributed by atoms with Crippen LogP contribution in [0.1, 0.15) is 33.1 Å². The van der Waals surface area contributed by atoms with Crippen LogP contribution in [0.15, 0.2) is 0 Å². The quantitative estimate of drug-likeness (QED) is 0.729. The summed E-state index contributed by atoms with van der Waals surface area (Å²) in [6, 6.07) is 1.28. The average molecular weight is 303 g/mol. The molecule has 2 bridgehead atoms. The minimum Gasteiger partial charge on any atom is -0.340 e. The predicted molar refractivity (Wildman–Crippen MR) is 73.3 cm³/mol. The van der Waals surface area contributed by atoms with Gasteiger partial charge in [0, 0.05) is 25.2 Å². The molecule has 2 aliphatic heterocycles. The first-order valence-electron chi connectivity index (χ1n) is 6.65. The van der Waals surface area contributed by atoms with Crippen LogP contribution in [0, 0.1) is 5.92 Å². The fraction of sp³-hybridized carbons (Fsp3) is 0.923. The van der Waals surface area contributed by atoms with Crippen molar-refractivity contribution in [2.24, 2.45) is 5.92 Å². The van der Waals surface area contributed by atoms with Gasteiger partial charge in [-0.3, -0.25) is 9.69 Å². The number of carbonyl (C=O) groups is 1. The average Bonchev–Trinajstić information content (AvgIpc) is 2.51. The Kier molecular flexibility index (Phi) is 4.14. The lowest BCUT2D eigenvalue weighted by Gasteiger charge is -2.28. The second-order valence-corrected chi connectivity index (χ2v) is 6.76. The largest absolute Gasteiger partial charge is 0.340 e. The van der Waals surface area contributed by atoms with Gasteiger partial charge >= 0.3 is 0 Å². The Balaban J connectivity index is 2.01. The van der Waals surface area contributed by atoms with Gasteiger partial charge in [-0.25, -0.2) is 0 Å². The SMILES string of the molecule is CC(C)C(Br)C(=O)N1CCC2CCC(C1)N2C. The summed E-state index contributed by atoms with van der Waals surface area (Å²) in [5.74, 6) is 0.640. The maximum absolute atomic E-state index is 12.3. The number of fused-ring (bicyclic) bond motifs is 2. The number of carbonyl (C=O) groups excluding carboxylic acids is 1. The van der Waals surface area contributed by atoms with Gasteiger partial charge in [0.15, 0.2) is 0 Å². The van der Waals surface area contributed by atoms with Crippen molar-refractivity contribution < 1.29 is 4.79 Å². The zero-order chi connectivity index (χ0) is 12.6. The van der Waals surface area contributed by atoms with Crippen molar-refractivity contribution in [2.75, 3.05) is 20.1 Å². The van der Waals surface area contributed by atoms with Gasteiger partial charge in [-0.05, 0) is 32.2 Å². The summed E-state index contributed by atoms with van der Waals surface area (Å²) in [4.78, 5) is 16.9. The predicted octanol–water partition coefficient (Wildman–Crippen LogP) is 2.10. The second-order valence-electron chi connectivity index (χ2n) is 5.77. The van der Waals surface area contributed by atoms with Crippen LogP contribution >= 0.6 is 15.9 Å². The number of halogens is 1. The van der Waals surface area contributed by atoms with Gasteiger partial charge in [0.2, 0.25) is 5.91 Å². The number of likely N-dealkylation sites (tertiary alicyclic amines) is 1. The molecule has 2 fully saturated rings. The first-order chi connectivity index (χ1) is 8.00. The summed E-state index contributed by atoms with van der Waals surface area (Å²) in [5, 5.41) is 0. The first kappa shape index (κ1) is 13.3. The molecule has 98 valence electrons. The highest BCUT2D eigenvalue weighted by molar-refractivity contribution is 9.10. The standard InChI is InChI=1S/C13H23BrN2O/c1-9(2)12(14)13(17)16-7-6-10-4-5-11(8-16)15(10)3/h9-12H,4-8H2,1-3H3. The van der Waals surface area contributed by atoms with Crippen molar-refractivity contribution in [1.82, 2.24) is 9.80 Å². The summed E-state index contributed by atoms with van der Waals surface area (Å²) >= 11 is 3.53. The Morgan fingerprint density at radius 3 is 2.53 bits per heavy atom. The van der Waals surface area contributed by atoms with E-state index in [1.165, 1.54) is 12.8 Å². The van der Waals surface area contributed by atoms with Gasteiger partial charge in [-0.15, -0.1) is 0 Å². The van der Waals surface area contributed by atoms with Gasteiger partial charge in [-0.1, -0.05) is 29.8 Å². The van der Waals surface area contributed by atoms with E-state index in [4.69, 9.17) is 0 Å². The van der Waals surface area contributed by atoms with E-state index in [0.29, 0.717) is 18.0 Å². The molecule has 4 heteroatoms. The van der Waals surface area contributed by atoms with E-state index >= 15 is 0 Å². The lowest BCUT2D eigenvalue weighted by Crippen LogP contribution is -2.43. The van der Waals surface area contributed by atoms with E-state index in [2.05, 4.69) is 46.6 Å². The molecule has 2 aliphatic rings. The van der Waals surface area contributed by atoms with Crippen LogP contribution in [0.3, 0.4) is 0 Å². The van der Waals surface area contributed by atoms with Gasteiger partial charge < -0.3 is 4.90 Å². The van der Waals surface area contributed by atoms with Crippen LogP contribution in [-0.4, -0.2) is 52.8 Å². The highest BCUT2D eigenvalue weighted by Gasteiger charge is 2.37. The molecular weight excluding hydrogens is 280 g/mol. The van der Waals surface area contributed by atoms with Crippen molar-refractivity contribution >= 4 is 21.8 Å². The van der Waals surface area contributed by atoms with Crippen molar-refractivity contribution in [1.29, 1.82) is 0 Å².